The smallest absolute Gasteiger partial charge is 0.384 e. The van der Waals surface area contributed by atoms with Crippen molar-refractivity contribution in [2.75, 3.05) is 25.5 Å². The number of carbonyl (C=O) groups is 1. The van der Waals surface area contributed by atoms with Gasteiger partial charge in [0.2, 0.25) is 0 Å². The minimum absolute atomic E-state index is 0.327. The van der Waals surface area contributed by atoms with Gasteiger partial charge in [-0.05, 0) is 24.1 Å². The first-order valence-electron chi connectivity index (χ1n) is 6.06. The van der Waals surface area contributed by atoms with Gasteiger partial charge in [-0.2, -0.15) is 13.2 Å². The summed E-state index contributed by atoms with van der Waals surface area (Å²) >= 11 is 0. The van der Waals surface area contributed by atoms with Crippen LogP contribution in [0.15, 0.2) is 18.2 Å². The summed E-state index contributed by atoms with van der Waals surface area (Å²) in [4.78, 5) is 13.1. The van der Waals surface area contributed by atoms with Gasteiger partial charge in [-0.1, -0.05) is 6.07 Å². The third-order valence-corrected chi connectivity index (χ3v) is 3.14. The van der Waals surface area contributed by atoms with Crippen LogP contribution < -0.4 is 5.32 Å². The van der Waals surface area contributed by atoms with E-state index < -0.39 is 12.6 Å². The van der Waals surface area contributed by atoms with Gasteiger partial charge in [0.05, 0.1) is 6.42 Å². The van der Waals surface area contributed by atoms with Crippen molar-refractivity contribution >= 4 is 11.6 Å². The molecule has 0 fully saturated rings. The third-order valence-electron chi connectivity index (χ3n) is 3.14. The first-order valence-corrected chi connectivity index (χ1v) is 6.06. The zero-order valence-electron chi connectivity index (χ0n) is 10.5. The number of benzene rings is 1. The van der Waals surface area contributed by atoms with Crippen molar-refractivity contribution in [1.29, 1.82) is 0 Å². The lowest BCUT2D eigenvalue weighted by Crippen LogP contribution is -2.30. The quantitative estimate of drug-likeness (QED) is 0.917. The third kappa shape index (κ3) is 3.39. The lowest BCUT2D eigenvalue weighted by molar-refractivity contribution is -0.136. The van der Waals surface area contributed by atoms with Crippen molar-refractivity contribution in [3.05, 3.63) is 29.3 Å². The molecule has 0 spiro atoms. The zero-order chi connectivity index (χ0) is 14.0. The van der Waals surface area contributed by atoms with Gasteiger partial charge in [0.25, 0.3) is 5.91 Å². The lowest BCUT2D eigenvalue weighted by atomic mass is 10.1. The van der Waals surface area contributed by atoms with Gasteiger partial charge in [0.1, 0.15) is 0 Å². The molecular weight excluding hydrogens is 257 g/mol. The molecule has 0 unspecified atom stereocenters. The molecule has 0 bridgehead atoms. The Morgan fingerprint density at radius 3 is 2.84 bits per heavy atom. The van der Waals surface area contributed by atoms with Gasteiger partial charge in [-0.15, -0.1) is 0 Å². The Morgan fingerprint density at radius 2 is 2.16 bits per heavy atom. The second-order valence-corrected chi connectivity index (χ2v) is 4.64. The van der Waals surface area contributed by atoms with Gasteiger partial charge < -0.3 is 10.2 Å². The van der Waals surface area contributed by atoms with Gasteiger partial charge in [-0.25, -0.2) is 0 Å². The summed E-state index contributed by atoms with van der Waals surface area (Å²) in [5, 5.41) is 3.14. The fraction of sp³-hybridized carbons (Fsp3) is 0.462. The van der Waals surface area contributed by atoms with Crippen molar-refractivity contribution < 1.29 is 18.0 Å². The maximum absolute atomic E-state index is 12.1. The van der Waals surface area contributed by atoms with Gasteiger partial charge >= 0.3 is 6.18 Å². The Morgan fingerprint density at radius 1 is 1.42 bits per heavy atom. The highest BCUT2D eigenvalue weighted by molar-refractivity contribution is 5.95. The topological polar surface area (TPSA) is 32.3 Å². The Balaban J connectivity index is 2.03. The fourth-order valence-corrected chi connectivity index (χ4v) is 2.04. The minimum atomic E-state index is -4.24. The minimum Gasteiger partial charge on any atom is -0.384 e. The number of nitrogens with one attached hydrogen (secondary N) is 1. The van der Waals surface area contributed by atoms with Crippen LogP contribution in [0.2, 0.25) is 0 Å². The van der Waals surface area contributed by atoms with Crippen LogP contribution in [0.4, 0.5) is 18.9 Å². The lowest BCUT2D eigenvalue weighted by Gasteiger charge is -2.18. The molecule has 0 aromatic heterocycles. The van der Waals surface area contributed by atoms with Crippen LogP contribution >= 0.6 is 0 Å². The second-order valence-electron chi connectivity index (χ2n) is 4.64. The number of nitrogens with zero attached hydrogens (tertiary/aromatic N) is 1. The zero-order valence-corrected chi connectivity index (χ0v) is 10.5. The van der Waals surface area contributed by atoms with E-state index in [4.69, 9.17) is 0 Å². The van der Waals surface area contributed by atoms with Crippen molar-refractivity contribution in [2.45, 2.75) is 19.0 Å². The molecule has 1 amide bonds. The number of halogens is 3. The van der Waals surface area contributed by atoms with E-state index in [0.29, 0.717) is 5.56 Å². The second kappa shape index (κ2) is 5.11. The van der Waals surface area contributed by atoms with E-state index in [1.807, 2.05) is 6.07 Å². The van der Waals surface area contributed by atoms with Crippen LogP contribution in [0, 0.1) is 0 Å². The largest absolute Gasteiger partial charge is 0.390 e. The number of anilines is 1. The predicted octanol–water partition coefficient (Wildman–Crippen LogP) is 2.68. The average molecular weight is 272 g/mol. The summed E-state index contributed by atoms with van der Waals surface area (Å²) in [7, 11) is 1.38. The molecule has 6 heteroatoms. The van der Waals surface area contributed by atoms with Crippen molar-refractivity contribution in [3.8, 4) is 0 Å². The van der Waals surface area contributed by atoms with Gasteiger partial charge in [-0.3, -0.25) is 4.79 Å². The van der Waals surface area contributed by atoms with E-state index >= 15 is 0 Å². The number of fused-ring (bicyclic) bond motifs is 1. The molecule has 1 N–H and O–H groups in total. The highest BCUT2D eigenvalue weighted by Crippen LogP contribution is 2.24. The number of hydrogen-bond acceptors (Lipinski definition) is 2. The molecule has 0 saturated carbocycles. The molecule has 2 rings (SSSR count). The normalized spacial score (nSPS) is 13.9. The monoisotopic (exact) mass is 272 g/mol. The maximum atomic E-state index is 12.1. The van der Waals surface area contributed by atoms with Gasteiger partial charge in [0, 0.05) is 31.4 Å². The van der Waals surface area contributed by atoms with E-state index in [-0.39, 0.29) is 12.5 Å². The number of amides is 1. The molecule has 19 heavy (non-hydrogen) atoms. The summed E-state index contributed by atoms with van der Waals surface area (Å²) in [5.41, 5.74) is 2.45. The molecule has 3 nitrogen and oxygen atoms in total. The van der Waals surface area contributed by atoms with Crippen LogP contribution in [-0.4, -0.2) is 37.1 Å². The molecule has 0 saturated heterocycles. The van der Waals surface area contributed by atoms with E-state index in [2.05, 4.69) is 5.32 Å². The van der Waals surface area contributed by atoms with Crippen molar-refractivity contribution in [2.24, 2.45) is 0 Å². The Hall–Kier alpha value is -1.72. The van der Waals surface area contributed by atoms with E-state index in [9.17, 15) is 18.0 Å². The Kier molecular flexibility index (Phi) is 3.68. The first-order chi connectivity index (χ1) is 8.87. The van der Waals surface area contributed by atoms with Crippen LogP contribution in [0.3, 0.4) is 0 Å². The van der Waals surface area contributed by atoms with Gasteiger partial charge in [0.15, 0.2) is 0 Å². The molecule has 0 radical (unpaired) electrons. The van der Waals surface area contributed by atoms with E-state index in [1.54, 1.807) is 12.1 Å². The number of alkyl halides is 3. The van der Waals surface area contributed by atoms with Crippen LogP contribution in [0.25, 0.3) is 0 Å². The molecule has 1 aromatic rings. The summed E-state index contributed by atoms with van der Waals surface area (Å²) < 4.78 is 36.3. The van der Waals surface area contributed by atoms with Crippen molar-refractivity contribution in [3.63, 3.8) is 0 Å². The summed E-state index contributed by atoms with van der Waals surface area (Å²) in [6, 6.07) is 5.22. The summed E-state index contributed by atoms with van der Waals surface area (Å²) in [6.45, 7) is 0.504. The molecule has 0 atom stereocenters. The Labute approximate surface area is 109 Å². The highest BCUT2D eigenvalue weighted by atomic mass is 19.4. The molecule has 1 heterocycles. The maximum Gasteiger partial charge on any atom is 0.390 e. The number of rotatable bonds is 3. The Bertz CT molecular complexity index is 485. The SMILES string of the molecule is CN(CCC(F)(F)F)C(=O)c1ccc2c(c1)NCC2. The van der Waals surface area contributed by atoms with Crippen LogP contribution in [0.1, 0.15) is 22.3 Å². The standard InChI is InChI=1S/C13H15F3N2O/c1-18(7-5-13(14,15)16)12(19)10-3-2-9-4-6-17-11(9)8-10/h2-3,8,17H,4-7H2,1H3. The predicted molar refractivity (Wildman–Crippen MR) is 66.3 cm³/mol. The van der Waals surface area contributed by atoms with Crippen LogP contribution in [0.5, 0.6) is 0 Å². The molecule has 0 aliphatic carbocycles. The first kappa shape index (κ1) is 13.7. The van der Waals surface area contributed by atoms with Crippen LogP contribution in [-0.2, 0) is 6.42 Å². The molecular formula is C13H15F3N2O. The average Bonchev–Trinajstić information content (AvgIpc) is 2.81. The molecule has 104 valence electrons. The number of hydrogen-bond donors (Lipinski definition) is 1. The fourth-order valence-electron chi connectivity index (χ4n) is 2.04. The molecule has 1 aliphatic heterocycles. The van der Waals surface area contributed by atoms with Crippen molar-refractivity contribution in [1.82, 2.24) is 4.90 Å². The summed E-state index contributed by atoms with van der Waals surface area (Å²) in [6.07, 6.45) is -4.32. The molecule has 1 aliphatic rings. The summed E-state index contributed by atoms with van der Waals surface area (Å²) in [5.74, 6) is -0.388. The molecule has 1 aromatic carbocycles. The van der Waals surface area contributed by atoms with E-state index in [1.165, 1.54) is 7.05 Å². The number of carbonyl (C=O) groups excluding carboxylic acids is 1. The van der Waals surface area contributed by atoms with E-state index in [0.717, 1.165) is 29.1 Å². The highest BCUT2D eigenvalue weighted by Gasteiger charge is 2.28.